The highest BCUT2D eigenvalue weighted by atomic mass is 35.5. The highest BCUT2D eigenvalue weighted by molar-refractivity contribution is 6.32. The molecule has 0 fully saturated rings. The Labute approximate surface area is 132 Å². The van der Waals surface area contributed by atoms with Gasteiger partial charge in [0.2, 0.25) is 0 Å². The Hall–Kier alpha value is -2.27. The Kier molecular flexibility index (Phi) is 3.66. The van der Waals surface area contributed by atoms with Gasteiger partial charge < -0.3 is 9.26 Å². The van der Waals surface area contributed by atoms with Crippen LogP contribution in [0, 0.1) is 20.8 Å². The summed E-state index contributed by atoms with van der Waals surface area (Å²) in [6.07, 6.45) is 0. The Morgan fingerprint density at radius 2 is 1.86 bits per heavy atom. The van der Waals surface area contributed by atoms with Crippen molar-refractivity contribution in [3.63, 3.8) is 0 Å². The van der Waals surface area contributed by atoms with Gasteiger partial charge in [-0.25, -0.2) is 4.98 Å². The second-order valence-electron chi connectivity index (χ2n) is 5.24. The van der Waals surface area contributed by atoms with Crippen LogP contribution >= 0.6 is 11.6 Å². The largest absolute Gasteiger partial charge is 0.487 e. The van der Waals surface area contributed by atoms with Crippen LogP contribution in [0.15, 0.2) is 33.6 Å². The number of aromatic nitrogens is 2. The average molecular weight is 319 g/mol. The quantitative estimate of drug-likeness (QED) is 0.742. The molecule has 22 heavy (non-hydrogen) atoms. The molecule has 1 aromatic carbocycles. The van der Waals surface area contributed by atoms with E-state index in [-0.39, 0.29) is 12.2 Å². The van der Waals surface area contributed by atoms with Crippen LogP contribution in [0.2, 0.25) is 5.02 Å². The van der Waals surface area contributed by atoms with E-state index in [2.05, 4.69) is 4.98 Å². The lowest BCUT2D eigenvalue weighted by Crippen LogP contribution is -2.14. The third-order valence-electron chi connectivity index (χ3n) is 3.32. The van der Waals surface area contributed by atoms with Crippen molar-refractivity contribution in [2.24, 2.45) is 0 Å². The zero-order valence-electron chi connectivity index (χ0n) is 12.5. The van der Waals surface area contributed by atoms with E-state index < -0.39 is 0 Å². The number of rotatable bonds is 3. The lowest BCUT2D eigenvalue weighted by molar-refractivity contribution is 0.298. The fourth-order valence-corrected chi connectivity index (χ4v) is 2.40. The molecule has 114 valence electrons. The summed E-state index contributed by atoms with van der Waals surface area (Å²) in [4.78, 5) is 16.3. The molecule has 0 aliphatic carbocycles. The van der Waals surface area contributed by atoms with Crippen LogP contribution in [0.1, 0.15) is 22.6 Å². The van der Waals surface area contributed by atoms with Crippen molar-refractivity contribution in [3.8, 4) is 5.75 Å². The van der Waals surface area contributed by atoms with E-state index in [0.717, 1.165) is 20.7 Å². The number of fused-ring (bicyclic) bond motifs is 1. The number of benzene rings is 1. The Bertz CT molecular complexity index is 888. The van der Waals surface area contributed by atoms with Crippen LogP contribution in [0.3, 0.4) is 0 Å². The first kappa shape index (κ1) is 14.7. The Balaban J connectivity index is 1.86. The van der Waals surface area contributed by atoms with E-state index in [4.69, 9.17) is 20.9 Å². The van der Waals surface area contributed by atoms with Crippen molar-refractivity contribution in [2.75, 3.05) is 0 Å². The minimum absolute atomic E-state index is 0.205. The van der Waals surface area contributed by atoms with Crippen LogP contribution in [-0.2, 0) is 6.61 Å². The number of aryl methyl sites for hydroxylation is 3. The van der Waals surface area contributed by atoms with Gasteiger partial charge in [0.1, 0.15) is 18.1 Å². The van der Waals surface area contributed by atoms with Crippen LogP contribution in [0.25, 0.3) is 5.65 Å². The van der Waals surface area contributed by atoms with Gasteiger partial charge in [0.05, 0.1) is 5.69 Å². The zero-order valence-corrected chi connectivity index (χ0v) is 13.3. The van der Waals surface area contributed by atoms with Crippen molar-refractivity contribution in [3.05, 3.63) is 62.2 Å². The maximum Gasteiger partial charge on any atom is 0.287 e. The molecule has 0 saturated heterocycles. The van der Waals surface area contributed by atoms with E-state index in [1.54, 1.807) is 13.0 Å². The third-order valence-corrected chi connectivity index (χ3v) is 3.92. The van der Waals surface area contributed by atoms with Crippen LogP contribution in [0.4, 0.5) is 0 Å². The predicted octanol–water partition coefficient (Wildman–Crippen LogP) is 3.45. The molecule has 0 aliphatic rings. The second-order valence-corrected chi connectivity index (χ2v) is 5.62. The van der Waals surface area contributed by atoms with Gasteiger partial charge in [-0.1, -0.05) is 11.6 Å². The second kappa shape index (κ2) is 5.50. The molecule has 2 aromatic heterocycles. The summed E-state index contributed by atoms with van der Waals surface area (Å²) in [5.74, 6) is 1.33. The maximum atomic E-state index is 11.9. The molecule has 0 aliphatic heterocycles. The highest BCUT2D eigenvalue weighted by Gasteiger charge is 2.08. The van der Waals surface area contributed by atoms with E-state index in [0.29, 0.717) is 22.9 Å². The lowest BCUT2D eigenvalue weighted by Gasteiger charge is -2.09. The average Bonchev–Trinajstić information content (AvgIpc) is 2.83. The lowest BCUT2D eigenvalue weighted by atomic mass is 10.1. The molecule has 6 heteroatoms. The normalized spacial score (nSPS) is 11.1. The minimum Gasteiger partial charge on any atom is -0.487 e. The van der Waals surface area contributed by atoms with Crippen LogP contribution in [0.5, 0.6) is 5.75 Å². The SMILES string of the molecule is Cc1cc2nc(COc3cc(C)c(Cl)c(C)c3)cc(=O)n2o1. The van der Waals surface area contributed by atoms with Crippen molar-refractivity contribution >= 4 is 17.2 Å². The highest BCUT2D eigenvalue weighted by Crippen LogP contribution is 2.26. The number of ether oxygens (including phenoxy) is 1. The van der Waals surface area contributed by atoms with Gasteiger partial charge in [0.25, 0.3) is 5.56 Å². The van der Waals surface area contributed by atoms with E-state index in [9.17, 15) is 4.79 Å². The summed E-state index contributed by atoms with van der Waals surface area (Å²) in [5, 5.41) is 0.735. The number of hydrogen-bond acceptors (Lipinski definition) is 4. The molecule has 0 saturated carbocycles. The minimum atomic E-state index is -0.264. The van der Waals surface area contributed by atoms with Crippen molar-refractivity contribution in [1.82, 2.24) is 9.56 Å². The van der Waals surface area contributed by atoms with Crippen molar-refractivity contribution < 1.29 is 9.26 Å². The van der Waals surface area contributed by atoms with E-state index in [1.807, 2.05) is 26.0 Å². The van der Waals surface area contributed by atoms with Crippen LogP contribution in [-0.4, -0.2) is 9.56 Å². The van der Waals surface area contributed by atoms with Gasteiger partial charge >= 0.3 is 0 Å². The fourth-order valence-electron chi connectivity index (χ4n) is 2.29. The summed E-state index contributed by atoms with van der Waals surface area (Å²) >= 11 is 6.13. The molecule has 0 amide bonds. The number of nitrogens with zero attached hydrogens (tertiary/aromatic N) is 2. The molecule has 2 heterocycles. The standard InChI is InChI=1S/C16H15ClN2O3/c1-9-4-13(5-10(2)16(9)17)21-8-12-7-15(20)19-14(18-12)6-11(3)22-19/h4-7H,8H2,1-3H3. The van der Waals surface area contributed by atoms with Crippen molar-refractivity contribution in [1.29, 1.82) is 0 Å². The smallest absolute Gasteiger partial charge is 0.287 e. The van der Waals surface area contributed by atoms with Gasteiger partial charge in [-0.3, -0.25) is 4.79 Å². The first-order chi connectivity index (χ1) is 10.4. The third kappa shape index (κ3) is 2.72. The maximum absolute atomic E-state index is 11.9. The van der Waals surface area contributed by atoms with Crippen molar-refractivity contribution in [2.45, 2.75) is 27.4 Å². The van der Waals surface area contributed by atoms with E-state index >= 15 is 0 Å². The summed E-state index contributed by atoms with van der Waals surface area (Å²) in [6, 6.07) is 6.85. The molecule has 5 nitrogen and oxygen atoms in total. The van der Waals surface area contributed by atoms with Gasteiger partial charge in [-0.15, -0.1) is 4.57 Å². The molecule has 0 spiro atoms. The Morgan fingerprint density at radius 3 is 2.55 bits per heavy atom. The molecular formula is C16H15ClN2O3. The fraction of sp³-hybridized carbons (Fsp3) is 0.250. The molecule has 0 radical (unpaired) electrons. The first-order valence-electron chi connectivity index (χ1n) is 6.83. The molecule has 0 unspecified atom stereocenters. The summed E-state index contributed by atoms with van der Waals surface area (Å²) in [7, 11) is 0. The Morgan fingerprint density at radius 1 is 1.18 bits per heavy atom. The molecule has 3 rings (SSSR count). The van der Waals surface area contributed by atoms with Gasteiger partial charge in [0.15, 0.2) is 5.65 Å². The molecule has 0 N–H and O–H groups in total. The van der Waals surface area contributed by atoms with Gasteiger partial charge in [0, 0.05) is 17.2 Å². The van der Waals surface area contributed by atoms with Gasteiger partial charge in [-0.2, -0.15) is 0 Å². The molecule has 0 atom stereocenters. The summed E-state index contributed by atoms with van der Waals surface area (Å²) < 4.78 is 12.1. The number of hydrogen-bond donors (Lipinski definition) is 0. The molecule has 3 aromatic rings. The first-order valence-corrected chi connectivity index (χ1v) is 7.21. The monoisotopic (exact) mass is 318 g/mol. The topological polar surface area (TPSA) is 56.7 Å². The zero-order chi connectivity index (χ0) is 15.9. The van der Waals surface area contributed by atoms with E-state index in [1.165, 1.54) is 6.07 Å². The predicted molar refractivity (Wildman–Crippen MR) is 83.7 cm³/mol. The number of halogens is 1. The molecular weight excluding hydrogens is 304 g/mol. The summed E-state index contributed by atoms with van der Waals surface area (Å²) in [6.45, 7) is 5.82. The van der Waals surface area contributed by atoms with Gasteiger partial charge in [-0.05, 0) is 44.0 Å². The van der Waals surface area contributed by atoms with Crippen LogP contribution < -0.4 is 10.3 Å². The molecule has 0 bridgehead atoms. The summed E-state index contributed by atoms with van der Waals surface area (Å²) in [5.41, 5.74) is 2.67.